The first-order chi connectivity index (χ1) is 11.6. The van der Waals surface area contributed by atoms with Crippen molar-refractivity contribution in [3.05, 3.63) is 59.9 Å². The van der Waals surface area contributed by atoms with E-state index >= 15 is 0 Å². The number of hydrogen-bond acceptors (Lipinski definition) is 4. The average molecular weight is 327 g/mol. The summed E-state index contributed by atoms with van der Waals surface area (Å²) in [4.78, 5) is 29.8. The third-order valence-electron chi connectivity index (χ3n) is 3.54. The van der Waals surface area contributed by atoms with Gasteiger partial charge in [0.05, 0.1) is 24.9 Å². The van der Waals surface area contributed by atoms with Gasteiger partial charge in [-0.25, -0.2) is 0 Å². The number of ether oxygens (including phenoxy) is 1. The summed E-state index contributed by atoms with van der Waals surface area (Å²) in [6, 6.07) is 12.6. The number of nitrogens with zero attached hydrogens (tertiary/aromatic N) is 2. The third-order valence-corrected chi connectivity index (χ3v) is 3.54. The van der Waals surface area contributed by atoms with Crippen molar-refractivity contribution in [2.75, 3.05) is 20.2 Å². The van der Waals surface area contributed by atoms with Crippen LogP contribution in [0.15, 0.2) is 48.7 Å². The van der Waals surface area contributed by atoms with E-state index in [2.05, 4.69) is 10.3 Å². The van der Waals surface area contributed by atoms with E-state index in [4.69, 9.17) is 4.74 Å². The lowest BCUT2D eigenvalue weighted by atomic mass is 10.2. The summed E-state index contributed by atoms with van der Waals surface area (Å²) in [5.74, 6) is 0.230. The SMILES string of the molecule is COc1ccccc1C(=O)NCCN(Cc1ccccn1)C(C)=O. The zero-order chi connectivity index (χ0) is 17.4. The van der Waals surface area contributed by atoms with Gasteiger partial charge in [0.1, 0.15) is 5.75 Å². The summed E-state index contributed by atoms with van der Waals surface area (Å²) in [6.45, 7) is 2.68. The number of hydrogen-bond donors (Lipinski definition) is 1. The van der Waals surface area contributed by atoms with Gasteiger partial charge < -0.3 is 15.0 Å². The molecule has 1 aromatic heterocycles. The predicted octanol–water partition coefficient (Wildman–Crippen LogP) is 1.87. The number of amides is 2. The molecular weight excluding hydrogens is 306 g/mol. The predicted molar refractivity (Wildman–Crippen MR) is 90.7 cm³/mol. The standard InChI is InChI=1S/C18H21N3O3/c1-14(22)21(13-15-7-5-6-10-19-15)12-11-20-18(23)16-8-3-4-9-17(16)24-2/h3-10H,11-13H2,1-2H3,(H,20,23). The Morgan fingerprint density at radius 1 is 1.17 bits per heavy atom. The fourth-order valence-corrected chi connectivity index (χ4v) is 2.27. The van der Waals surface area contributed by atoms with Crippen molar-refractivity contribution in [1.82, 2.24) is 15.2 Å². The number of benzene rings is 1. The van der Waals surface area contributed by atoms with E-state index in [9.17, 15) is 9.59 Å². The molecule has 24 heavy (non-hydrogen) atoms. The summed E-state index contributed by atoms with van der Waals surface area (Å²) in [5, 5.41) is 2.81. The second-order valence-electron chi connectivity index (χ2n) is 5.22. The summed E-state index contributed by atoms with van der Waals surface area (Å²) < 4.78 is 5.18. The molecule has 6 nitrogen and oxygen atoms in total. The van der Waals surface area contributed by atoms with E-state index in [1.165, 1.54) is 14.0 Å². The number of carbonyl (C=O) groups excluding carboxylic acids is 2. The molecule has 0 aliphatic carbocycles. The van der Waals surface area contributed by atoms with Gasteiger partial charge in [-0.05, 0) is 24.3 Å². The van der Waals surface area contributed by atoms with Crippen molar-refractivity contribution >= 4 is 11.8 Å². The van der Waals surface area contributed by atoms with Crippen LogP contribution in [0.2, 0.25) is 0 Å². The van der Waals surface area contributed by atoms with Crippen LogP contribution < -0.4 is 10.1 Å². The molecule has 0 bridgehead atoms. The molecule has 2 aromatic rings. The Labute approximate surface area is 141 Å². The Morgan fingerprint density at radius 2 is 1.92 bits per heavy atom. The van der Waals surface area contributed by atoms with E-state index in [0.29, 0.717) is 30.9 Å². The Balaban J connectivity index is 1.91. The number of aromatic nitrogens is 1. The Morgan fingerprint density at radius 3 is 2.58 bits per heavy atom. The van der Waals surface area contributed by atoms with Crippen LogP contribution in [-0.2, 0) is 11.3 Å². The van der Waals surface area contributed by atoms with Crippen molar-refractivity contribution in [3.8, 4) is 5.75 Å². The highest BCUT2D eigenvalue weighted by Gasteiger charge is 2.13. The Hall–Kier alpha value is -2.89. The molecule has 1 N–H and O–H groups in total. The molecule has 0 atom stereocenters. The van der Waals surface area contributed by atoms with Gasteiger partial charge in [0, 0.05) is 26.2 Å². The molecule has 126 valence electrons. The number of carbonyl (C=O) groups is 2. The van der Waals surface area contributed by atoms with E-state index in [0.717, 1.165) is 5.69 Å². The molecular formula is C18H21N3O3. The number of para-hydroxylation sites is 1. The van der Waals surface area contributed by atoms with Crippen LogP contribution in [0.5, 0.6) is 5.75 Å². The van der Waals surface area contributed by atoms with Gasteiger partial charge >= 0.3 is 0 Å². The van der Waals surface area contributed by atoms with Gasteiger partial charge in [0.25, 0.3) is 5.91 Å². The smallest absolute Gasteiger partial charge is 0.255 e. The molecule has 1 aromatic carbocycles. The minimum atomic E-state index is -0.228. The lowest BCUT2D eigenvalue weighted by Gasteiger charge is -2.21. The molecule has 2 amide bonds. The topological polar surface area (TPSA) is 71.5 Å². The summed E-state index contributed by atoms with van der Waals surface area (Å²) in [5.41, 5.74) is 1.28. The molecule has 6 heteroatoms. The van der Waals surface area contributed by atoms with Crippen LogP contribution in [-0.4, -0.2) is 41.9 Å². The minimum absolute atomic E-state index is 0.0628. The van der Waals surface area contributed by atoms with Crippen molar-refractivity contribution in [2.45, 2.75) is 13.5 Å². The molecule has 0 unspecified atom stereocenters. The highest BCUT2D eigenvalue weighted by molar-refractivity contribution is 5.96. The fourth-order valence-electron chi connectivity index (χ4n) is 2.27. The average Bonchev–Trinajstić information content (AvgIpc) is 2.61. The van der Waals surface area contributed by atoms with Crippen LogP contribution in [0, 0.1) is 0 Å². The quantitative estimate of drug-likeness (QED) is 0.843. The van der Waals surface area contributed by atoms with Gasteiger partial charge in [0.2, 0.25) is 5.91 Å². The van der Waals surface area contributed by atoms with E-state index in [1.54, 1.807) is 35.4 Å². The summed E-state index contributed by atoms with van der Waals surface area (Å²) in [6.07, 6.45) is 1.69. The maximum Gasteiger partial charge on any atom is 0.255 e. The van der Waals surface area contributed by atoms with Gasteiger partial charge in [-0.2, -0.15) is 0 Å². The Kier molecular flexibility index (Phi) is 6.31. The lowest BCUT2D eigenvalue weighted by molar-refractivity contribution is -0.129. The van der Waals surface area contributed by atoms with E-state index in [1.807, 2.05) is 18.2 Å². The highest BCUT2D eigenvalue weighted by atomic mass is 16.5. The molecule has 0 aliphatic heterocycles. The van der Waals surface area contributed by atoms with E-state index in [-0.39, 0.29) is 11.8 Å². The Bertz CT molecular complexity index is 689. The molecule has 0 spiro atoms. The highest BCUT2D eigenvalue weighted by Crippen LogP contribution is 2.16. The molecule has 0 fully saturated rings. The first-order valence-electron chi connectivity index (χ1n) is 7.68. The lowest BCUT2D eigenvalue weighted by Crippen LogP contribution is -2.37. The normalized spacial score (nSPS) is 10.1. The summed E-state index contributed by atoms with van der Waals surface area (Å²) >= 11 is 0. The molecule has 0 saturated heterocycles. The van der Waals surface area contributed by atoms with Gasteiger partial charge in [0.15, 0.2) is 0 Å². The summed E-state index contributed by atoms with van der Waals surface area (Å²) in [7, 11) is 1.52. The van der Waals surface area contributed by atoms with Crippen molar-refractivity contribution < 1.29 is 14.3 Å². The molecule has 0 radical (unpaired) electrons. The second kappa shape index (κ2) is 8.67. The van der Waals surface area contributed by atoms with Crippen LogP contribution in [0.1, 0.15) is 23.0 Å². The first kappa shape index (κ1) is 17.5. The van der Waals surface area contributed by atoms with Crippen molar-refractivity contribution in [2.24, 2.45) is 0 Å². The maximum absolute atomic E-state index is 12.2. The molecule has 0 saturated carbocycles. The molecule has 2 rings (SSSR count). The van der Waals surface area contributed by atoms with Crippen molar-refractivity contribution in [3.63, 3.8) is 0 Å². The monoisotopic (exact) mass is 327 g/mol. The number of rotatable bonds is 7. The largest absolute Gasteiger partial charge is 0.496 e. The number of nitrogens with one attached hydrogen (secondary N) is 1. The van der Waals surface area contributed by atoms with Gasteiger partial charge in [-0.15, -0.1) is 0 Å². The van der Waals surface area contributed by atoms with Crippen LogP contribution in [0.3, 0.4) is 0 Å². The fraction of sp³-hybridized carbons (Fsp3) is 0.278. The van der Waals surface area contributed by atoms with Crippen LogP contribution >= 0.6 is 0 Å². The minimum Gasteiger partial charge on any atom is -0.496 e. The van der Waals surface area contributed by atoms with Crippen LogP contribution in [0.4, 0.5) is 0 Å². The van der Waals surface area contributed by atoms with Crippen LogP contribution in [0.25, 0.3) is 0 Å². The molecule has 1 heterocycles. The zero-order valence-electron chi connectivity index (χ0n) is 13.9. The first-order valence-corrected chi connectivity index (χ1v) is 7.68. The van der Waals surface area contributed by atoms with E-state index < -0.39 is 0 Å². The second-order valence-corrected chi connectivity index (χ2v) is 5.22. The zero-order valence-corrected chi connectivity index (χ0v) is 13.9. The van der Waals surface area contributed by atoms with Gasteiger partial charge in [-0.1, -0.05) is 18.2 Å². The van der Waals surface area contributed by atoms with Gasteiger partial charge in [-0.3, -0.25) is 14.6 Å². The maximum atomic E-state index is 12.2. The number of methoxy groups -OCH3 is 1. The number of pyridine rings is 1. The third kappa shape index (κ3) is 4.81. The molecule has 0 aliphatic rings. The van der Waals surface area contributed by atoms with Crippen molar-refractivity contribution in [1.29, 1.82) is 0 Å².